The van der Waals surface area contributed by atoms with E-state index >= 15 is 0 Å². The number of hydrogen-bond acceptors (Lipinski definition) is 3. The number of benzene rings is 1. The highest BCUT2D eigenvalue weighted by molar-refractivity contribution is 7.80. The maximum absolute atomic E-state index is 12.0. The number of rotatable bonds is 2. The van der Waals surface area contributed by atoms with Gasteiger partial charge in [-0.2, -0.15) is 0 Å². The highest BCUT2D eigenvalue weighted by atomic mass is 32.1. The molecule has 20 heavy (non-hydrogen) atoms. The molecule has 2 aromatic rings. The van der Waals surface area contributed by atoms with Crippen LogP contribution in [0.15, 0.2) is 41.0 Å². The number of amides is 1. The fourth-order valence-electron chi connectivity index (χ4n) is 1.76. The lowest BCUT2D eigenvalue weighted by atomic mass is 10.1. The van der Waals surface area contributed by atoms with Crippen LogP contribution in [0, 0.1) is 13.8 Å². The van der Waals surface area contributed by atoms with Crippen LogP contribution in [0.2, 0.25) is 0 Å². The van der Waals surface area contributed by atoms with Gasteiger partial charge in [0.25, 0.3) is 0 Å². The summed E-state index contributed by atoms with van der Waals surface area (Å²) in [6.45, 7) is 3.87. The van der Waals surface area contributed by atoms with Gasteiger partial charge >= 0.3 is 5.91 Å². The third kappa shape index (κ3) is 2.97. The topological polar surface area (TPSA) is 71.5 Å². The minimum atomic E-state index is -0.413. The molecule has 0 unspecified atom stereocenters. The monoisotopic (exact) mass is 289 g/mol. The second-order valence-corrected chi connectivity index (χ2v) is 4.80. The first-order valence-electron chi connectivity index (χ1n) is 6.00. The minimum Gasteiger partial charge on any atom is -0.459 e. The van der Waals surface area contributed by atoms with Crippen LogP contribution in [0.25, 0.3) is 0 Å². The summed E-state index contributed by atoms with van der Waals surface area (Å²) in [7, 11) is 0. The van der Waals surface area contributed by atoms with Crippen molar-refractivity contribution in [2.45, 2.75) is 13.8 Å². The van der Waals surface area contributed by atoms with Gasteiger partial charge in [-0.3, -0.25) is 10.2 Å². The Hall–Kier alpha value is -2.34. The Labute approximate surface area is 122 Å². The molecule has 0 saturated heterocycles. The van der Waals surface area contributed by atoms with Gasteiger partial charge in [0.1, 0.15) is 0 Å². The Morgan fingerprint density at radius 1 is 1.35 bits per heavy atom. The van der Waals surface area contributed by atoms with Crippen LogP contribution in [0.3, 0.4) is 0 Å². The van der Waals surface area contributed by atoms with E-state index in [2.05, 4.69) is 5.43 Å². The Bertz CT molecular complexity index is 638. The van der Waals surface area contributed by atoms with E-state index in [1.54, 1.807) is 12.1 Å². The molecule has 0 aliphatic rings. The molecule has 6 heteroatoms. The van der Waals surface area contributed by atoms with Gasteiger partial charge in [-0.15, -0.1) is 0 Å². The highest BCUT2D eigenvalue weighted by Crippen LogP contribution is 2.20. The number of hydrazine groups is 1. The molecular formula is C14H15N3O2S. The van der Waals surface area contributed by atoms with Gasteiger partial charge in [-0.1, -0.05) is 12.1 Å². The van der Waals surface area contributed by atoms with E-state index < -0.39 is 5.91 Å². The average molecular weight is 289 g/mol. The van der Waals surface area contributed by atoms with Gasteiger partial charge in [0.15, 0.2) is 10.9 Å². The quantitative estimate of drug-likeness (QED) is 0.655. The third-order valence-corrected chi connectivity index (χ3v) is 2.97. The van der Waals surface area contributed by atoms with E-state index in [9.17, 15) is 4.79 Å². The number of carbonyl (C=O) groups is 1. The lowest BCUT2D eigenvalue weighted by molar-refractivity contribution is 0.0927. The summed E-state index contributed by atoms with van der Waals surface area (Å²) in [6, 6.07) is 9.02. The van der Waals surface area contributed by atoms with Gasteiger partial charge in [0, 0.05) is 0 Å². The zero-order valence-electron chi connectivity index (χ0n) is 11.2. The van der Waals surface area contributed by atoms with Crippen molar-refractivity contribution in [2.24, 2.45) is 5.73 Å². The van der Waals surface area contributed by atoms with Crippen molar-refractivity contribution in [3.63, 3.8) is 0 Å². The number of thiocarbonyl (C=S) groups is 1. The summed E-state index contributed by atoms with van der Waals surface area (Å²) < 4.78 is 5.04. The summed E-state index contributed by atoms with van der Waals surface area (Å²) in [4.78, 5) is 12.0. The summed E-state index contributed by atoms with van der Waals surface area (Å²) in [5.41, 5.74) is 11.1. The Morgan fingerprint density at radius 3 is 2.70 bits per heavy atom. The molecule has 1 amide bonds. The molecule has 0 fully saturated rings. The van der Waals surface area contributed by atoms with Crippen LogP contribution in [0.1, 0.15) is 21.7 Å². The second-order valence-electron chi connectivity index (χ2n) is 4.38. The van der Waals surface area contributed by atoms with Crippen LogP contribution in [0.5, 0.6) is 0 Å². The van der Waals surface area contributed by atoms with Crippen LogP contribution in [0.4, 0.5) is 5.69 Å². The molecule has 0 aliphatic carbocycles. The van der Waals surface area contributed by atoms with Crippen LogP contribution < -0.4 is 16.2 Å². The number of nitrogens with zero attached hydrogens (tertiary/aromatic N) is 1. The van der Waals surface area contributed by atoms with E-state index in [4.69, 9.17) is 22.4 Å². The number of carbonyl (C=O) groups excluding carboxylic acids is 1. The van der Waals surface area contributed by atoms with Crippen molar-refractivity contribution in [1.29, 1.82) is 0 Å². The van der Waals surface area contributed by atoms with Crippen molar-refractivity contribution in [2.75, 3.05) is 5.01 Å². The minimum absolute atomic E-state index is 0.0543. The van der Waals surface area contributed by atoms with Crippen LogP contribution >= 0.6 is 12.2 Å². The van der Waals surface area contributed by atoms with E-state index in [0.29, 0.717) is 0 Å². The smallest absolute Gasteiger partial charge is 0.305 e. The number of hydrogen-bond donors (Lipinski definition) is 2. The highest BCUT2D eigenvalue weighted by Gasteiger charge is 2.17. The van der Waals surface area contributed by atoms with Gasteiger partial charge in [0.05, 0.1) is 12.0 Å². The van der Waals surface area contributed by atoms with Crippen molar-refractivity contribution in [3.05, 3.63) is 53.5 Å². The number of furan rings is 1. The lowest BCUT2D eigenvalue weighted by Gasteiger charge is -2.24. The number of nitrogens with one attached hydrogen (secondary N) is 1. The SMILES string of the molecule is Cc1ccc(C)c(N(NC(=O)c2ccco2)C(N)=S)c1. The molecule has 0 radical (unpaired) electrons. The average Bonchev–Trinajstić information content (AvgIpc) is 2.92. The molecule has 0 atom stereocenters. The van der Waals surface area contributed by atoms with Crippen LogP contribution in [-0.4, -0.2) is 11.0 Å². The first kappa shape index (κ1) is 14.1. The number of anilines is 1. The molecule has 5 nitrogen and oxygen atoms in total. The Balaban J connectivity index is 2.30. The van der Waals surface area contributed by atoms with Crippen LogP contribution in [-0.2, 0) is 0 Å². The van der Waals surface area contributed by atoms with Crippen molar-refractivity contribution in [1.82, 2.24) is 5.43 Å². The van der Waals surface area contributed by atoms with E-state index in [-0.39, 0.29) is 10.9 Å². The molecule has 2 rings (SSSR count). The summed E-state index contributed by atoms with van der Waals surface area (Å²) in [5, 5.41) is 1.43. The van der Waals surface area contributed by atoms with Gasteiger partial charge in [0.2, 0.25) is 0 Å². The molecule has 0 aliphatic heterocycles. The number of nitrogens with two attached hydrogens (primary N) is 1. The summed E-state index contributed by atoms with van der Waals surface area (Å²) in [5.74, 6) is -0.222. The normalized spacial score (nSPS) is 10.1. The second kappa shape index (κ2) is 5.75. The van der Waals surface area contributed by atoms with E-state index in [0.717, 1.165) is 16.8 Å². The maximum Gasteiger partial charge on any atom is 0.305 e. The molecule has 104 valence electrons. The molecule has 0 bridgehead atoms. The van der Waals surface area contributed by atoms with Crippen molar-refractivity contribution in [3.8, 4) is 0 Å². The molecule has 0 saturated carbocycles. The predicted molar refractivity (Wildman–Crippen MR) is 81.4 cm³/mol. The largest absolute Gasteiger partial charge is 0.459 e. The van der Waals surface area contributed by atoms with Gasteiger partial charge in [-0.25, -0.2) is 5.01 Å². The van der Waals surface area contributed by atoms with Crippen molar-refractivity contribution >= 4 is 28.9 Å². The standard InChI is InChI=1S/C14H15N3O2S/c1-9-5-6-10(2)11(8-9)17(14(15)20)16-13(18)12-4-3-7-19-12/h3-8H,1-2H3,(H2,15,20)(H,16,18). The molecule has 0 spiro atoms. The molecular weight excluding hydrogens is 274 g/mol. The fraction of sp³-hybridized carbons (Fsp3) is 0.143. The zero-order chi connectivity index (χ0) is 14.7. The predicted octanol–water partition coefficient (Wildman–Crippen LogP) is 2.29. The van der Waals surface area contributed by atoms with Crippen molar-refractivity contribution < 1.29 is 9.21 Å². The lowest BCUT2D eigenvalue weighted by Crippen LogP contribution is -2.49. The first-order valence-corrected chi connectivity index (χ1v) is 6.41. The van der Waals surface area contributed by atoms with Gasteiger partial charge < -0.3 is 10.2 Å². The molecule has 1 aromatic heterocycles. The molecule has 1 heterocycles. The van der Waals surface area contributed by atoms with E-state index in [1.165, 1.54) is 11.3 Å². The zero-order valence-corrected chi connectivity index (χ0v) is 12.0. The maximum atomic E-state index is 12.0. The Morgan fingerprint density at radius 2 is 2.10 bits per heavy atom. The Kier molecular flexibility index (Phi) is 4.05. The molecule has 1 aromatic carbocycles. The first-order chi connectivity index (χ1) is 9.49. The van der Waals surface area contributed by atoms with E-state index in [1.807, 2.05) is 32.0 Å². The number of aryl methyl sites for hydroxylation is 2. The van der Waals surface area contributed by atoms with Gasteiger partial charge in [-0.05, 0) is 55.4 Å². The summed E-state index contributed by atoms with van der Waals surface area (Å²) in [6.07, 6.45) is 1.43. The summed E-state index contributed by atoms with van der Waals surface area (Å²) >= 11 is 5.01. The fourth-order valence-corrected chi connectivity index (χ4v) is 1.90. The molecule has 3 N–H and O–H groups in total. The third-order valence-electron chi connectivity index (χ3n) is 2.78.